The fraction of sp³-hybridized carbons (Fsp3) is 0. The monoisotopic (exact) mass is 613 g/mol. The molecule has 4 heteroatoms. The third kappa shape index (κ3) is 2.87. The Morgan fingerprint density at radius 3 is 2.00 bits per heavy atom. The van der Waals surface area contributed by atoms with Gasteiger partial charge in [-0.1, -0.05) is 109 Å². The molecular weight excluding hydrogens is 591 g/mol. The van der Waals surface area contributed by atoms with Crippen LogP contribution in [0.25, 0.3) is 108 Å². The number of hydrogen-bond acceptors (Lipinski definition) is 2. The van der Waals surface area contributed by atoms with Crippen molar-refractivity contribution in [1.29, 1.82) is 0 Å². The molecule has 3 nitrogen and oxygen atoms in total. The van der Waals surface area contributed by atoms with Gasteiger partial charge in [-0.3, -0.25) is 4.40 Å². The Morgan fingerprint density at radius 2 is 1.13 bits per heavy atom. The lowest BCUT2D eigenvalue weighted by atomic mass is 10.0. The topological polar surface area (TPSA) is 22.2 Å². The largest absolute Gasteiger partial charge is 0.306 e. The van der Waals surface area contributed by atoms with Gasteiger partial charge in [0, 0.05) is 37.0 Å². The summed E-state index contributed by atoms with van der Waals surface area (Å²) in [6.07, 6.45) is 0. The molecule has 4 aromatic heterocycles. The predicted molar refractivity (Wildman–Crippen MR) is 199 cm³/mol. The second-order valence-electron chi connectivity index (χ2n) is 12.7. The molecule has 0 N–H and O–H groups in total. The SMILES string of the molecule is c1ccc2c(c1)-c1cccc3c(-n4c5ccccc5c5ccc6c(nc7c8ccccc8c8sc9ccccc9c8n67)c54)ccc-2c13. The van der Waals surface area contributed by atoms with Crippen LogP contribution in [0.3, 0.4) is 0 Å². The molecule has 11 aromatic rings. The standard InChI is InChI=1S/C43H23N3S/c1-2-11-25-24(10-1)27-16-9-17-32-35(22-20-28(25)38(27)32)45-34-18-7-5-12-26(34)29-21-23-36-39(40(29)45)44-43-31-14-4-3-13-30(31)42-41(46(36)43)33-15-6-8-19-37(33)47-42/h1-23H. The van der Waals surface area contributed by atoms with E-state index in [0.29, 0.717) is 0 Å². The number of pyridine rings is 1. The molecule has 0 saturated heterocycles. The van der Waals surface area contributed by atoms with Gasteiger partial charge in [0.05, 0.1) is 32.5 Å². The molecule has 4 heterocycles. The highest BCUT2D eigenvalue weighted by atomic mass is 32.1. The third-order valence-electron chi connectivity index (χ3n) is 10.4. The number of thiophene rings is 1. The molecule has 0 radical (unpaired) electrons. The van der Waals surface area contributed by atoms with Crippen molar-refractivity contribution >= 4 is 91.7 Å². The summed E-state index contributed by atoms with van der Waals surface area (Å²) < 4.78 is 7.51. The Kier molecular flexibility index (Phi) is 4.36. The van der Waals surface area contributed by atoms with Crippen molar-refractivity contribution in [1.82, 2.24) is 14.0 Å². The first-order valence-electron chi connectivity index (χ1n) is 16.1. The van der Waals surface area contributed by atoms with Crippen LogP contribution >= 0.6 is 11.3 Å². The minimum atomic E-state index is 1.01. The Labute approximate surface area is 272 Å². The summed E-state index contributed by atoms with van der Waals surface area (Å²) in [4.78, 5) is 5.60. The zero-order valence-corrected chi connectivity index (χ0v) is 25.8. The average molecular weight is 614 g/mol. The molecule has 0 amide bonds. The molecule has 0 unspecified atom stereocenters. The highest BCUT2D eigenvalue weighted by Crippen LogP contribution is 2.50. The van der Waals surface area contributed by atoms with Crippen LogP contribution in [0.4, 0.5) is 0 Å². The number of nitrogens with zero attached hydrogens (tertiary/aromatic N) is 3. The Hall–Kier alpha value is -5.97. The van der Waals surface area contributed by atoms with Gasteiger partial charge in [-0.2, -0.15) is 0 Å². The van der Waals surface area contributed by atoms with E-state index in [1.165, 1.54) is 86.1 Å². The van der Waals surface area contributed by atoms with Crippen molar-refractivity contribution < 1.29 is 0 Å². The van der Waals surface area contributed by atoms with Gasteiger partial charge in [-0.15, -0.1) is 11.3 Å². The van der Waals surface area contributed by atoms with E-state index in [1.54, 1.807) is 0 Å². The van der Waals surface area contributed by atoms with Crippen molar-refractivity contribution in [3.63, 3.8) is 0 Å². The molecule has 47 heavy (non-hydrogen) atoms. The van der Waals surface area contributed by atoms with Crippen LogP contribution < -0.4 is 0 Å². The molecule has 0 saturated carbocycles. The zero-order chi connectivity index (χ0) is 30.4. The third-order valence-corrected chi connectivity index (χ3v) is 11.6. The lowest BCUT2D eigenvalue weighted by Crippen LogP contribution is -1.96. The first kappa shape index (κ1) is 24.3. The van der Waals surface area contributed by atoms with E-state index < -0.39 is 0 Å². The summed E-state index contributed by atoms with van der Waals surface area (Å²) in [5.41, 5.74) is 13.2. The van der Waals surface area contributed by atoms with Crippen molar-refractivity contribution in [2.75, 3.05) is 0 Å². The van der Waals surface area contributed by atoms with Crippen molar-refractivity contribution in [3.8, 4) is 27.9 Å². The smallest absolute Gasteiger partial charge is 0.146 e. The first-order valence-corrected chi connectivity index (χ1v) is 16.9. The average Bonchev–Trinajstić information content (AvgIpc) is 3.88. The van der Waals surface area contributed by atoms with Crippen LogP contribution in [0, 0.1) is 0 Å². The molecular formula is C43H23N3S. The Morgan fingerprint density at radius 1 is 0.447 bits per heavy atom. The van der Waals surface area contributed by atoms with Gasteiger partial charge in [0.2, 0.25) is 0 Å². The van der Waals surface area contributed by atoms with Crippen LogP contribution in [-0.4, -0.2) is 14.0 Å². The summed E-state index contributed by atoms with van der Waals surface area (Å²) in [6.45, 7) is 0. The first-order chi connectivity index (χ1) is 23.3. The van der Waals surface area contributed by atoms with Gasteiger partial charge in [0.15, 0.2) is 0 Å². The van der Waals surface area contributed by atoms with Crippen LogP contribution in [0.1, 0.15) is 0 Å². The van der Waals surface area contributed by atoms with Gasteiger partial charge < -0.3 is 4.57 Å². The highest BCUT2D eigenvalue weighted by molar-refractivity contribution is 7.26. The van der Waals surface area contributed by atoms with Gasteiger partial charge in [0.25, 0.3) is 0 Å². The molecule has 1 aliphatic rings. The molecule has 0 atom stereocenters. The summed E-state index contributed by atoms with van der Waals surface area (Å²) in [6, 6.07) is 51.2. The minimum Gasteiger partial charge on any atom is -0.306 e. The molecule has 0 fully saturated rings. The van der Waals surface area contributed by atoms with Crippen LogP contribution in [-0.2, 0) is 0 Å². The normalized spacial score (nSPS) is 12.7. The lowest BCUT2D eigenvalue weighted by molar-refractivity contribution is 1.20. The van der Waals surface area contributed by atoms with Gasteiger partial charge in [-0.25, -0.2) is 4.98 Å². The Bertz CT molecular complexity index is 3160. The fourth-order valence-corrected chi connectivity index (χ4v) is 9.78. The molecule has 0 bridgehead atoms. The van der Waals surface area contributed by atoms with Gasteiger partial charge in [-0.05, 0) is 58.0 Å². The van der Waals surface area contributed by atoms with Crippen LogP contribution in [0.2, 0.25) is 0 Å². The predicted octanol–water partition coefficient (Wildman–Crippen LogP) is 11.9. The summed E-state index contributed by atoms with van der Waals surface area (Å²) in [5.74, 6) is 0. The number of imidazole rings is 1. The maximum Gasteiger partial charge on any atom is 0.146 e. The molecule has 7 aromatic carbocycles. The maximum atomic E-state index is 5.60. The van der Waals surface area contributed by atoms with E-state index in [-0.39, 0.29) is 0 Å². The molecule has 0 spiro atoms. The fourth-order valence-electron chi connectivity index (χ4n) is 8.55. The van der Waals surface area contributed by atoms with E-state index in [0.717, 1.165) is 22.2 Å². The zero-order valence-electron chi connectivity index (χ0n) is 25.0. The molecule has 0 aliphatic heterocycles. The highest BCUT2D eigenvalue weighted by Gasteiger charge is 2.26. The van der Waals surface area contributed by atoms with E-state index in [2.05, 4.69) is 148 Å². The van der Waals surface area contributed by atoms with Crippen LogP contribution in [0.15, 0.2) is 140 Å². The van der Waals surface area contributed by atoms with E-state index in [9.17, 15) is 0 Å². The maximum absolute atomic E-state index is 5.60. The van der Waals surface area contributed by atoms with E-state index in [1.807, 2.05) is 11.3 Å². The number of hydrogen-bond donors (Lipinski definition) is 0. The van der Waals surface area contributed by atoms with Crippen molar-refractivity contribution in [2.45, 2.75) is 0 Å². The number of rotatable bonds is 1. The quantitative estimate of drug-likeness (QED) is 0.181. The Balaban J connectivity index is 1.30. The minimum absolute atomic E-state index is 1.01. The van der Waals surface area contributed by atoms with Crippen molar-refractivity contribution in [3.05, 3.63) is 140 Å². The second kappa shape index (κ2) is 8.43. The number of aromatic nitrogens is 3. The van der Waals surface area contributed by atoms with E-state index in [4.69, 9.17) is 4.98 Å². The summed E-state index contributed by atoms with van der Waals surface area (Å²) >= 11 is 1.88. The number of benzene rings is 7. The molecule has 1 aliphatic carbocycles. The number of para-hydroxylation sites is 1. The van der Waals surface area contributed by atoms with Gasteiger partial charge in [0.1, 0.15) is 11.2 Å². The number of fused-ring (bicyclic) bond motifs is 17. The second-order valence-corrected chi connectivity index (χ2v) is 13.7. The van der Waals surface area contributed by atoms with Crippen LogP contribution in [0.5, 0.6) is 0 Å². The lowest BCUT2D eigenvalue weighted by Gasteiger charge is -2.13. The summed E-state index contributed by atoms with van der Waals surface area (Å²) in [7, 11) is 0. The molecule has 216 valence electrons. The summed E-state index contributed by atoms with van der Waals surface area (Å²) in [5, 5.41) is 8.77. The van der Waals surface area contributed by atoms with E-state index >= 15 is 0 Å². The molecule has 12 rings (SSSR count). The van der Waals surface area contributed by atoms with Crippen molar-refractivity contribution in [2.24, 2.45) is 0 Å². The van der Waals surface area contributed by atoms with Gasteiger partial charge >= 0.3 is 0 Å².